The Morgan fingerprint density at radius 1 is 1.00 bits per heavy atom. The molecule has 2 heterocycles. The van der Waals surface area contributed by atoms with Crippen LogP contribution < -0.4 is 8.83 Å². The Morgan fingerprint density at radius 3 is 2.69 bits per heavy atom. The first-order chi connectivity index (χ1) is 7.93. The molecule has 0 saturated heterocycles. The molecule has 0 bridgehead atoms. The van der Waals surface area contributed by atoms with Gasteiger partial charge in [0, 0.05) is 0 Å². The number of pyridine rings is 1. The summed E-state index contributed by atoms with van der Waals surface area (Å²) in [7, 11) is 0. The fourth-order valence-corrected chi connectivity index (χ4v) is 3.41. The second kappa shape index (κ2) is 4.11. The standard InChI is InChI=1S/C12H8AsN2O/c1-2-4-11-10(3-1)12(15-16-11)13-9-5-7-14-8-6-9/h1-8H. The van der Waals surface area contributed by atoms with Crippen LogP contribution in [0, 0.1) is 0 Å². The molecule has 0 atom stereocenters. The molecule has 77 valence electrons. The molecular formula is C12H8AsN2O. The number of hydrogen-bond donors (Lipinski definition) is 0. The quantitative estimate of drug-likeness (QED) is 0.649. The molecule has 3 aromatic rings. The van der Waals surface area contributed by atoms with E-state index >= 15 is 0 Å². The van der Waals surface area contributed by atoms with Gasteiger partial charge in [0.2, 0.25) is 0 Å². The SMILES string of the molecule is c1ccc2c([As]c3ccncc3)noc2c1. The summed E-state index contributed by atoms with van der Waals surface area (Å²) >= 11 is -0.124. The summed E-state index contributed by atoms with van der Waals surface area (Å²) in [4.78, 5) is 4.01. The van der Waals surface area contributed by atoms with Crippen molar-refractivity contribution < 1.29 is 4.52 Å². The molecule has 0 saturated carbocycles. The van der Waals surface area contributed by atoms with E-state index in [-0.39, 0.29) is 15.8 Å². The van der Waals surface area contributed by atoms with Crippen molar-refractivity contribution in [1.29, 1.82) is 0 Å². The van der Waals surface area contributed by atoms with Gasteiger partial charge in [0.05, 0.1) is 0 Å². The summed E-state index contributed by atoms with van der Waals surface area (Å²) in [6.07, 6.45) is 3.63. The van der Waals surface area contributed by atoms with Gasteiger partial charge in [-0.25, -0.2) is 0 Å². The molecule has 0 unspecified atom stereocenters. The molecule has 0 fully saturated rings. The molecule has 1 radical (unpaired) electrons. The van der Waals surface area contributed by atoms with E-state index in [1.165, 1.54) is 4.35 Å². The van der Waals surface area contributed by atoms with Crippen LogP contribution in [0.3, 0.4) is 0 Å². The maximum absolute atomic E-state index is 5.28. The fourth-order valence-electron chi connectivity index (χ4n) is 1.49. The van der Waals surface area contributed by atoms with Crippen molar-refractivity contribution in [3.63, 3.8) is 0 Å². The fraction of sp³-hybridized carbons (Fsp3) is 0. The molecule has 0 aliphatic heterocycles. The van der Waals surface area contributed by atoms with E-state index in [1.54, 1.807) is 0 Å². The molecule has 4 heteroatoms. The van der Waals surface area contributed by atoms with Gasteiger partial charge in [-0.2, -0.15) is 0 Å². The average molecular weight is 271 g/mol. The summed E-state index contributed by atoms with van der Waals surface area (Å²) in [6, 6.07) is 12.0. The Labute approximate surface area is 99.2 Å². The van der Waals surface area contributed by atoms with Crippen molar-refractivity contribution in [2.45, 2.75) is 0 Å². The van der Waals surface area contributed by atoms with Gasteiger partial charge in [-0.15, -0.1) is 0 Å². The summed E-state index contributed by atoms with van der Waals surface area (Å²) in [6.45, 7) is 0. The molecule has 3 nitrogen and oxygen atoms in total. The van der Waals surface area contributed by atoms with Crippen molar-refractivity contribution in [1.82, 2.24) is 10.1 Å². The number of aromatic nitrogens is 2. The van der Waals surface area contributed by atoms with Crippen LogP contribution in [-0.2, 0) is 0 Å². The molecule has 0 aliphatic rings. The number of rotatable bonds is 2. The molecule has 1 aromatic carbocycles. The van der Waals surface area contributed by atoms with Crippen LogP contribution in [0.15, 0.2) is 53.3 Å². The van der Waals surface area contributed by atoms with Crippen LogP contribution in [0.5, 0.6) is 0 Å². The summed E-state index contributed by atoms with van der Waals surface area (Å²) in [5.74, 6) is 0. The molecule has 0 amide bonds. The van der Waals surface area contributed by atoms with Gasteiger partial charge >= 0.3 is 99.0 Å². The summed E-state index contributed by atoms with van der Waals surface area (Å²) in [5, 5.41) is 5.26. The number of fused-ring (bicyclic) bond motifs is 1. The zero-order chi connectivity index (χ0) is 10.8. The van der Waals surface area contributed by atoms with Gasteiger partial charge in [-0.05, 0) is 0 Å². The average Bonchev–Trinajstić information content (AvgIpc) is 2.74. The van der Waals surface area contributed by atoms with Gasteiger partial charge in [0.25, 0.3) is 0 Å². The van der Waals surface area contributed by atoms with Gasteiger partial charge in [-0.1, -0.05) is 0 Å². The molecule has 0 spiro atoms. The zero-order valence-electron chi connectivity index (χ0n) is 8.37. The molecule has 3 rings (SSSR count). The first kappa shape index (κ1) is 9.61. The van der Waals surface area contributed by atoms with Gasteiger partial charge in [0.1, 0.15) is 0 Å². The van der Waals surface area contributed by atoms with Crippen molar-refractivity contribution >= 4 is 35.6 Å². The second-order valence-electron chi connectivity index (χ2n) is 3.32. The normalized spacial score (nSPS) is 11.5. The Morgan fingerprint density at radius 2 is 1.81 bits per heavy atom. The van der Waals surface area contributed by atoms with Gasteiger partial charge in [-0.3, -0.25) is 0 Å². The van der Waals surface area contributed by atoms with Crippen LogP contribution in [0.25, 0.3) is 11.0 Å². The van der Waals surface area contributed by atoms with Gasteiger partial charge < -0.3 is 0 Å². The molecular weight excluding hydrogens is 263 g/mol. The molecule has 0 N–H and O–H groups in total. The third-order valence-corrected chi connectivity index (χ3v) is 4.54. The third kappa shape index (κ3) is 1.74. The van der Waals surface area contributed by atoms with E-state index in [0.717, 1.165) is 15.5 Å². The topological polar surface area (TPSA) is 38.9 Å². The van der Waals surface area contributed by atoms with Crippen molar-refractivity contribution in [2.24, 2.45) is 0 Å². The Kier molecular flexibility index (Phi) is 2.47. The molecule has 2 aromatic heterocycles. The summed E-state index contributed by atoms with van der Waals surface area (Å²) < 4.78 is 7.63. The Bertz CT molecular complexity index is 606. The van der Waals surface area contributed by atoms with Crippen LogP contribution in [0.2, 0.25) is 0 Å². The van der Waals surface area contributed by atoms with Crippen LogP contribution in [0.1, 0.15) is 0 Å². The number of para-hydroxylation sites is 1. The molecule has 0 aliphatic carbocycles. The van der Waals surface area contributed by atoms with E-state index in [4.69, 9.17) is 4.52 Å². The van der Waals surface area contributed by atoms with E-state index in [9.17, 15) is 0 Å². The number of nitrogens with zero attached hydrogens (tertiary/aromatic N) is 2. The van der Waals surface area contributed by atoms with Crippen molar-refractivity contribution in [3.8, 4) is 0 Å². The van der Waals surface area contributed by atoms with E-state index in [2.05, 4.69) is 16.2 Å². The number of hydrogen-bond acceptors (Lipinski definition) is 3. The van der Waals surface area contributed by atoms with E-state index in [1.807, 2.05) is 42.7 Å². The first-order valence-corrected chi connectivity index (χ1v) is 6.77. The number of benzene rings is 1. The maximum atomic E-state index is 5.28. The van der Waals surface area contributed by atoms with Crippen LogP contribution in [-0.4, -0.2) is 25.9 Å². The minimum absolute atomic E-state index is 0.124. The Hall–Kier alpha value is -1.60. The third-order valence-electron chi connectivity index (χ3n) is 2.26. The van der Waals surface area contributed by atoms with E-state index in [0.29, 0.717) is 0 Å². The van der Waals surface area contributed by atoms with Crippen LogP contribution >= 0.6 is 0 Å². The monoisotopic (exact) mass is 271 g/mol. The Balaban J connectivity index is 2.01. The zero-order valence-corrected chi connectivity index (χ0v) is 10.2. The second-order valence-corrected chi connectivity index (χ2v) is 5.76. The first-order valence-electron chi connectivity index (χ1n) is 4.90. The predicted molar refractivity (Wildman–Crippen MR) is 63.3 cm³/mol. The minimum atomic E-state index is -0.124. The van der Waals surface area contributed by atoms with Crippen molar-refractivity contribution in [2.75, 3.05) is 0 Å². The van der Waals surface area contributed by atoms with Crippen molar-refractivity contribution in [3.05, 3.63) is 48.8 Å². The van der Waals surface area contributed by atoms with Gasteiger partial charge in [0.15, 0.2) is 0 Å². The van der Waals surface area contributed by atoms with E-state index < -0.39 is 0 Å². The summed E-state index contributed by atoms with van der Waals surface area (Å²) in [5.41, 5.74) is 0.863. The van der Waals surface area contributed by atoms with Crippen LogP contribution in [0.4, 0.5) is 0 Å². The molecule has 16 heavy (non-hydrogen) atoms. The predicted octanol–water partition coefficient (Wildman–Crippen LogP) is 0.878.